The van der Waals surface area contributed by atoms with Gasteiger partial charge in [-0.3, -0.25) is 9.69 Å². The summed E-state index contributed by atoms with van der Waals surface area (Å²) in [6.45, 7) is 8.54. The normalized spacial score (nSPS) is 20.2. The van der Waals surface area contributed by atoms with E-state index < -0.39 is 0 Å². The van der Waals surface area contributed by atoms with Crippen LogP contribution in [0.15, 0.2) is 0 Å². The van der Waals surface area contributed by atoms with E-state index in [1.54, 1.807) is 7.05 Å². The van der Waals surface area contributed by atoms with Crippen LogP contribution in [-0.4, -0.2) is 50.1 Å². The average molecular weight is 241 g/mol. The number of carbonyl (C=O) groups excluding carboxylic acids is 1. The maximum absolute atomic E-state index is 11.5. The molecule has 0 aromatic carbocycles. The molecule has 17 heavy (non-hydrogen) atoms. The minimum Gasteiger partial charge on any atom is -0.358 e. The molecule has 1 unspecified atom stereocenters. The second-order valence-electron chi connectivity index (χ2n) is 4.97. The molecule has 1 aliphatic heterocycles. The Morgan fingerprint density at radius 1 is 1.41 bits per heavy atom. The number of rotatable bonds is 6. The Morgan fingerprint density at radius 3 is 2.59 bits per heavy atom. The highest BCUT2D eigenvalue weighted by atomic mass is 16.2. The van der Waals surface area contributed by atoms with Crippen molar-refractivity contribution in [3.63, 3.8) is 0 Å². The Morgan fingerprint density at radius 2 is 2.06 bits per heavy atom. The first kappa shape index (κ1) is 14.5. The van der Waals surface area contributed by atoms with E-state index in [2.05, 4.69) is 22.5 Å². The maximum Gasteiger partial charge on any atom is 0.236 e. The third-order valence-corrected chi connectivity index (χ3v) is 3.68. The van der Waals surface area contributed by atoms with Gasteiger partial charge >= 0.3 is 0 Å². The Labute approximate surface area is 105 Å². The lowest BCUT2D eigenvalue weighted by atomic mass is 9.95. The summed E-state index contributed by atoms with van der Waals surface area (Å²) < 4.78 is 0. The number of hydrogen-bond acceptors (Lipinski definition) is 3. The van der Waals surface area contributed by atoms with Gasteiger partial charge in [-0.1, -0.05) is 6.92 Å². The third-order valence-electron chi connectivity index (χ3n) is 3.68. The van der Waals surface area contributed by atoms with Crippen molar-refractivity contribution in [1.29, 1.82) is 0 Å². The monoisotopic (exact) mass is 241 g/mol. The summed E-state index contributed by atoms with van der Waals surface area (Å²) in [6, 6.07) is 0.0181. The molecule has 1 rings (SSSR count). The lowest BCUT2D eigenvalue weighted by Gasteiger charge is -2.35. The standard InChI is InChI=1S/C13H27N3O/c1-4-7-15-10-12-5-8-16(9-6-12)11(2)13(17)14-3/h11-12,15H,4-10H2,1-3H3,(H,14,17). The molecular weight excluding hydrogens is 214 g/mol. The largest absolute Gasteiger partial charge is 0.358 e. The molecular formula is C13H27N3O. The number of amides is 1. The van der Waals surface area contributed by atoms with Gasteiger partial charge in [0.2, 0.25) is 5.91 Å². The van der Waals surface area contributed by atoms with Gasteiger partial charge in [-0.05, 0) is 58.3 Å². The van der Waals surface area contributed by atoms with Crippen LogP contribution >= 0.6 is 0 Å². The predicted octanol–water partition coefficient (Wildman–Crippen LogP) is 0.833. The van der Waals surface area contributed by atoms with E-state index in [9.17, 15) is 4.79 Å². The van der Waals surface area contributed by atoms with Gasteiger partial charge in [-0.2, -0.15) is 0 Å². The lowest BCUT2D eigenvalue weighted by molar-refractivity contribution is -0.125. The predicted molar refractivity (Wildman–Crippen MR) is 71.0 cm³/mol. The van der Waals surface area contributed by atoms with Crippen molar-refractivity contribution in [1.82, 2.24) is 15.5 Å². The third kappa shape index (κ3) is 4.64. The molecule has 1 saturated heterocycles. The summed E-state index contributed by atoms with van der Waals surface area (Å²) in [6.07, 6.45) is 3.61. The van der Waals surface area contributed by atoms with E-state index in [4.69, 9.17) is 0 Å². The number of carbonyl (C=O) groups is 1. The summed E-state index contributed by atoms with van der Waals surface area (Å²) in [4.78, 5) is 13.8. The van der Waals surface area contributed by atoms with Crippen molar-refractivity contribution in [3.8, 4) is 0 Å². The van der Waals surface area contributed by atoms with Crippen molar-refractivity contribution >= 4 is 5.91 Å². The Bertz CT molecular complexity index is 225. The molecule has 0 aliphatic carbocycles. The van der Waals surface area contributed by atoms with Crippen LogP contribution in [0.5, 0.6) is 0 Å². The smallest absolute Gasteiger partial charge is 0.236 e. The summed E-state index contributed by atoms with van der Waals surface area (Å²) in [5.74, 6) is 0.919. The van der Waals surface area contributed by atoms with Gasteiger partial charge < -0.3 is 10.6 Å². The highest BCUT2D eigenvalue weighted by Crippen LogP contribution is 2.18. The van der Waals surface area contributed by atoms with E-state index in [0.717, 1.165) is 32.1 Å². The fourth-order valence-electron chi connectivity index (χ4n) is 2.40. The topological polar surface area (TPSA) is 44.4 Å². The molecule has 4 nitrogen and oxygen atoms in total. The molecule has 1 atom stereocenters. The second-order valence-corrected chi connectivity index (χ2v) is 4.97. The molecule has 0 spiro atoms. The van der Waals surface area contributed by atoms with Gasteiger partial charge in [0, 0.05) is 7.05 Å². The summed E-state index contributed by atoms with van der Waals surface area (Å²) in [5.41, 5.74) is 0. The van der Waals surface area contributed by atoms with Crippen LogP contribution < -0.4 is 10.6 Å². The number of likely N-dealkylation sites (tertiary alicyclic amines) is 1. The molecule has 1 amide bonds. The van der Waals surface area contributed by atoms with Crippen LogP contribution in [0.1, 0.15) is 33.1 Å². The Hall–Kier alpha value is -0.610. The molecule has 1 heterocycles. The lowest BCUT2D eigenvalue weighted by Crippen LogP contribution is -2.48. The molecule has 4 heteroatoms. The number of hydrogen-bond donors (Lipinski definition) is 2. The van der Waals surface area contributed by atoms with Gasteiger partial charge in [0.1, 0.15) is 0 Å². The van der Waals surface area contributed by atoms with E-state index in [0.29, 0.717) is 0 Å². The fourth-order valence-corrected chi connectivity index (χ4v) is 2.40. The van der Waals surface area contributed by atoms with Gasteiger partial charge in [0.15, 0.2) is 0 Å². The summed E-state index contributed by atoms with van der Waals surface area (Å²) in [7, 11) is 1.71. The zero-order valence-corrected chi connectivity index (χ0v) is 11.5. The van der Waals surface area contributed by atoms with E-state index in [-0.39, 0.29) is 11.9 Å². The van der Waals surface area contributed by atoms with Crippen LogP contribution in [0.2, 0.25) is 0 Å². The first-order valence-corrected chi connectivity index (χ1v) is 6.85. The van der Waals surface area contributed by atoms with Crippen LogP contribution in [0.25, 0.3) is 0 Å². The van der Waals surface area contributed by atoms with Crippen LogP contribution in [0, 0.1) is 5.92 Å². The zero-order valence-electron chi connectivity index (χ0n) is 11.5. The fraction of sp³-hybridized carbons (Fsp3) is 0.923. The molecule has 100 valence electrons. The highest BCUT2D eigenvalue weighted by molar-refractivity contribution is 5.80. The molecule has 0 aromatic rings. The summed E-state index contributed by atoms with van der Waals surface area (Å²) in [5, 5.41) is 6.21. The van der Waals surface area contributed by atoms with Crippen LogP contribution in [-0.2, 0) is 4.79 Å². The van der Waals surface area contributed by atoms with Crippen LogP contribution in [0.3, 0.4) is 0 Å². The number of nitrogens with one attached hydrogen (secondary N) is 2. The summed E-state index contributed by atoms with van der Waals surface area (Å²) >= 11 is 0. The molecule has 0 aromatic heterocycles. The SMILES string of the molecule is CCCNCC1CCN(C(C)C(=O)NC)CC1. The van der Waals surface area contributed by atoms with E-state index in [1.165, 1.54) is 19.3 Å². The van der Waals surface area contributed by atoms with Gasteiger partial charge in [-0.15, -0.1) is 0 Å². The van der Waals surface area contributed by atoms with E-state index in [1.807, 2.05) is 6.92 Å². The molecule has 0 saturated carbocycles. The number of nitrogens with zero attached hydrogens (tertiary/aromatic N) is 1. The molecule has 1 fully saturated rings. The van der Waals surface area contributed by atoms with Crippen molar-refractivity contribution < 1.29 is 4.79 Å². The minimum absolute atomic E-state index is 0.0181. The quantitative estimate of drug-likeness (QED) is 0.677. The molecule has 0 bridgehead atoms. The van der Waals surface area contributed by atoms with E-state index >= 15 is 0 Å². The first-order chi connectivity index (χ1) is 8.19. The van der Waals surface area contributed by atoms with Crippen LogP contribution in [0.4, 0.5) is 0 Å². The zero-order chi connectivity index (χ0) is 12.7. The minimum atomic E-state index is 0.0181. The van der Waals surface area contributed by atoms with Crippen molar-refractivity contribution in [2.24, 2.45) is 5.92 Å². The molecule has 1 aliphatic rings. The van der Waals surface area contributed by atoms with Gasteiger partial charge in [-0.25, -0.2) is 0 Å². The van der Waals surface area contributed by atoms with Gasteiger partial charge in [0.05, 0.1) is 6.04 Å². The first-order valence-electron chi connectivity index (χ1n) is 6.85. The van der Waals surface area contributed by atoms with Gasteiger partial charge in [0.25, 0.3) is 0 Å². The Kier molecular flexibility index (Phi) is 6.52. The second kappa shape index (κ2) is 7.67. The highest BCUT2D eigenvalue weighted by Gasteiger charge is 2.25. The van der Waals surface area contributed by atoms with Crippen molar-refractivity contribution in [2.45, 2.75) is 39.2 Å². The van der Waals surface area contributed by atoms with Crippen molar-refractivity contribution in [3.05, 3.63) is 0 Å². The number of piperidine rings is 1. The maximum atomic E-state index is 11.5. The molecule has 2 N–H and O–H groups in total. The Balaban J connectivity index is 2.23. The average Bonchev–Trinajstić information content (AvgIpc) is 2.38. The van der Waals surface area contributed by atoms with Crippen molar-refractivity contribution in [2.75, 3.05) is 33.2 Å². The number of likely N-dealkylation sites (N-methyl/N-ethyl adjacent to an activating group) is 1. The molecule has 0 radical (unpaired) electrons.